The van der Waals surface area contributed by atoms with Crippen LogP contribution in [-0.2, 0) is 0 Å². The van der Waals surface area contributed by atoms with E-state index in [9.17, 15) is 5.11 Å². The standard InChI is InChI=1S/C14H23ClN2OS/c1-3-17-14(2,11-18)8-4-5-9-19-13-7-6-12(15)10-16-13/h6-7,10,17-18H,3-5,8-9,11H2,1-2H3. The van der Waals surface area contributed by atoms with Gasteiger partial charge in [0.2, 0.25) is 0 Å². The van der Waals surface area contributed by atoms with Crippen LogP contribution in [0.4, 0.5) is 0 Å². The van der Waals surface area contributed by atoms with Crippen molar-refractivity contribution in [1.29, 1.82) is 0 Å². The number of nitrogens with one attached hydrogen (secondary N) is 1. The highest BCUT2D eigenvalue weighted by molar-refractivity contribution is 7.99. The summed E-state index contributed by atoms with van der Waals surface area (Å²) in [5.74, 6) is 1.04. The van der Waals surface area contributed by atoms with Crippen LogP contribution in [0.15, 0.2) is 23.4 Å². The maximum Gasteiger partial charge on any atom is 0.0960 e. The number of rotatable bonds is 9. The first-order chi connectivity index (χ1) is 9.09. The van der Waals surface area contributed by atoms with Crippen molar-refractivity contribution >= 4 is 23.4 Å². The Bertz CT molecular complexity index is 361. The Morgan fingerprint density at radius 3 is 2.79 bits per heavy atom. The van der Waals surface area contributed by atoms with E-state index in [4.69, 9.17) is 11.6 Å². The first kappa shape index (κ1) is 16.8. The quantitative estimate of drug-likeness (QED) is 0.542. The molecule has 0 saturated carbocycles. The number of aromatic nitrogens is 1. The van der Waals surface area contributed by atoms with Crippen molar-refractivity contribution in [3.05, 3.63) is 23.4 Å². The van der Waals surface area contributed by atoms with Crippen LogP contribution in [0.5, 0.6) is 0 Å². The van der Waals surface area contributed by atoms with Gasteiger partial charge in [0.15, 0.2) is 0 Å². The third-order valence-corrected chi connectivity index (χ3v) is 4.28. The second-order valence-electron chi connectivity index (χ2n) is 4.87. The lowest BCUT2D eigenvalue weighted by atomic mass is 9.96. The molecule has 19 heavy (non-hydrogen) atoms. The number of pyridine rings is 1. The van der Waals surface area contributed by atoms with Gasteiger partial charge in [0.05, 0.1) is 16.7 Å². The number of hydrogen-bond acceptors (Lipinski definition) is 4. The minimum absolute atomic E-state index is 0.141. The van der Waals surface area contributed by atoms with Crippen molar-refractivity contribution in [2.45, 2.75) is 43.7 Å². The van der Waals surface area contributed by atoms with Gasteiger partial charge in [0.1, 0.15) is 0 Å². The molecule has 108 valence electrons. The molecule has 1 unspecified atom stereocenters. The molecule has 3 nitrogen and oxygen atoms in total. The smallest absolute Gasteiger partial charge is 0.0960 e. The van der Waals surface area contributed by atoms with Gasteiger partial charge in [0.25, 0.3) is 0 Å². The van der Waals surface area contributed by atoms with Crippen LogP contribution in [0.3, 0.4) is 0 Å². The Morgan fingerprint density at radius 2 is 2.21 bits per heavy atom. The second-order valence-corrected chi connectivity index (χ2v) is 6.42. The van der Waals surface area contributed by atoms with Crippen LogP contribution < -0.4 is 5.32 Å². The molecular weight excluding hydrogens is 280 g/mol. The van der Waals surface area contributed by atoms with Crippen LogP contribution >= 0.6 is 23.4 Å². The van der Waals surface area contributed by atoms with Gasteiger partial charge < -0.3 is 10.4 Å². The molecule has 0 bridgehead atoms. The van der Waals surface area contributed by atoms with Gasteiger partial charge in [-0.1, -0.05) is 24.9 Å². The summed E-state index contributed by atoms with van der Waals surface area (Å²) in [6.45, 7) is 5.22. The molecule has 5 heteroatoms. The zero-order chi connectivity index (χ0) is 14.1. The molecule has 2 N–H and O–H groups in total. The molecule has 1 aromatic heterocycles. The highest BCUT2D eigenvalue weighted by Crippen LogP contribution is 2.20. The Kier molecular flexibility index (Phi) is 7.76. The van der Waals surface area contributed by atoms with Gasteiger partial charge in [-0.3, -0.25) is 0 Å². The fourth-order valence-corrected chi connectivity index (χ4v) is 2.85. The van der Waals surface area contributed by atoms with Crippen molar-refractivity contribution in [2.75, 3.05) is 18.9 Å². The molecule has 1 rings (SSSR count). The summed E-state index contributed by atoms with van der Waals surface area (Å²) >= 11 is 7.54. The van der Waals surface area contributed by atoms with E-state index in [1.165, 1.54) is 0 Å². The zero-order valence-electron chi connectivity index (χ0n) is 11.7. The average molecular weight is 303 g/mol. The molecule has 0 fully saturated rings. The van der Waals surface area contributed by atoms with E-state index in [-0.39, 0.29) is 12.1 Å². The summed E-state index contributed by atoms with van der Waals surface area (Å²) in [7, 11) is 0. The lowest BCUT2D eigenvalue weighted by Crippen LogP contribution is -2.45. The molecule has 0 amide bonds. The van der Waals surface area contributed by atoms with Gasteiger partial charge in [-0.15, -0.1) is 11.8 Å². The number of thioether (sulfide) groups is 1. The Morgan fingerprint density at radius 1 is 1.42 bits per heavy atom. The predicted molar refractivity (Wildman–Crippen MR) is 83.0 cm³/mol. The summed E-state index contributed by atoms with van der Waals surface area (Å²) < 4.78 is 0. The summed E-state index contributed by atoms with van der Waals surface area (Å²) in [5.41, 5.74) is -0.141. The number of nitrogens with zero attached hydrogens (tertiary/aromatic N) is 1. The fraction of sp³-hybridized carbons (Fsp3) is 0.643. The number of aliphatic hydroxyl groups excluding tert-OH is 1. The summed E-state index contributed by atoms with van der Waals surface area (Å²) in [5, 5.41) is 14.4. The number of halogens is 1. The predicted octanol–water partition coefficient (Wildman–Crippen LogP) is 3.36. The fourth-order valence-electron chi connectivity index (χ4n) is 1.89. The molecule has 0 spiro atoms. The second kappa shape index (κ2) is 8.80. The first-order valence-corrected chi connectivity index (χ1v) is 8.06. The summed E-state index contributed by atoms with van der Waals surface area (Å²) in [6, 6.07) is 3.81. The first-order valence-electron chi connectivity index (χ1n) is 6.70. The van der Waals surface area contributed by atoms with E-state index in [2.05, 4.69) is 24.1 Å². The third-order valence-electron chi connectivity index (χ3n) is 3.03. The maximum atomic E-state index is 9.39. The van der Waals surface area contributed by atoms with Crippen molar-refractivity contribution in [3.8, 4) is 0 Å². The van der Waals surface area contributed by atoms with Gasteiger partial charge in [-0.05, 0) is 44.2 Å². The Balaban J connectivity index is 2.18. The maximum absolute atomic E-state index is 9.39. The Hall–Kier alpha value is -0.290. The number of likely N-dealkylation sites (N-methyl/N-ethyl adjacent to an activating group) is 1. The minimum atomic E-state index is -0.141. The highest BCUT2D eigenvalue weighted by atomic mass is 35.5. The molecule has 1 aromatic rings. The molecule has 0 aliphatic rings. The molecular formula is C14H23ClN2OS. The molecule has 1 atom stereocenters. The van der Waals surface area contributed by atoms with Crippen molar-refractivity contribution in [2.24, 2.45) is 0 Å². The topological polar surface area (TPSA) is 45.1 Å². The van der Waals surface area contributed by atoms with Crippen LogP contribution in [0.25, 0.3) is 0 Å². The van der Waals surface area contributed by atoms with Gasteiger partial charge in [-0.2, -0.15) is 0 Å². The molecule has 0 radical (unpaired) electrons. The third kappa shape index (κ3) is 6.61. The van der Waals surface area contributed by atoms with Crippen molar-refractivity contribution in [3.63, 3.8) is 0 Å². The number of unbranched alkanes of at least 4 members (excludes halogenated alkanes) is 1. The van der Waals surface area contributed by atoms with Gasteiger partial charge >= 0.3 is 0 Å². The van der Waals surface area contributed by atoms with Crippen LogP contribution in [0.2, 0.25) is 5.02 Å². The lowest BCUT2D eigenvalue weighted by Gasteiger charge is -2.28. The molecule has 0 aliphatic carbocycles. The van der Waals surface area contributed by atoms with E-state index in [1.54, 1.807) is 18.0 Å². The highest BCUT2D eigenvalue weighted by Gasteiger charge is 2.20. The molecule has 1 heterocycles. The number of hydrogen-bond donors (Lipinski definition) is 2. The van der Waals surface area contributed by atoms with Crippen LogP contribution in [0.1, 0.15) is 33.1 Å². The van der Waals surface area contributed by atoms with Gasteiger partial charge in [0, 0.05) is 11.7 Å². The van der Waals surface area contributed by atoms with Crippen LogP contribution in [-0.4, -0.2) is 34.5 Å². The van der Waals surface area contributed by atoms with E-state index in [0.29, 0.717) is 5.02 Å². The summed E-state index contributed by atoms with van der Waals surface area (Å²) in [4.78, 5) is 4.25. The monoisotopic (exact) mass is 302 g/mol. The normalized spacial score (nSPS) is 14.3. The van der Waals surface area contributed by atoms with E-state index >= 15 is 0 Å². The largest absolute Gasteiger partial charge is 0.394 e. The molecule has 0 aliphatic heterocycles. The van der Waals surface area contributed by atoms with E-state index in [1.807, 2.05) is 12.1 Å². The zero-order valence-corrected chi connectivity index (χ0v) is 13.2. The lowest BCUT2D eigenvalue weighted by molar-refractivity contribution is 0.165. The van der Waals surface area contributed by atoms with Crippen molar-refractivity contribution < 1.29 is 5.11 Å². The van der Waals surface area contributed by atoms with E-state index in [0.717, 1.165) is 36.6 Å². The number of aliphatic hydroxyl groups is 1. The minimum Gasteiger partial charge on any atom is -0.394 e. The average Bonchev–Trinajstić information content (AvgIpc) is 2.41. The molecule has 0 aromatic carbocycles. The Labute approximate surface area is 125 Å². The van der Waals surface area contributed by atoms with E-state index < -0.39 is 0 Å². The SMILES string of the molecule is CCNC(C)(CO)CCCCSc1ccc(Cl)cn1. The molecule has 0 saturated heterocycles. The summed E-state index contributed by atoms with van der Waals surface area (Å²) in [6.07, 6.45) is 4.89. The van der Waals surface area contributed by atoms with Crippen molar-refractivity contribution in [1.82, 2.24) is 10.3 Å². The van der Waals surface area contributed by atoms with Gasteiger partial charge in [-0.25, -0.2) is 4.98 Å². The van der Waals surface area contributed by atoms with Crippen LogP contribution in [0, 0.1) is 0 Å².